The van der Waals surface area contributed by atoms with E-state index in [0.29, 0.717) is 0 Å². The largest absolute Gasteiger partial charge is 0.468 e. The van der Waals surface area contributed by atoms with Crippen molar-refractivity contribution in [3.63, 3.8) is 0 Å². The average Bonchev–Trinajstić information content (AvgIpc) is 3.12. The van der Waals surface area contributed by atoms with Crippen LogP contribution in [-0.4, -0.2) is 56.7 Å². The minimum absolute atomic E-state index is 0.139. The van der Waals surface area contributed by atoms with Crippen molar-refractivity contribution in [3.05, 3.63) is 47.1 Å². The summed E-state index contributed by atoms with van der Waals surface area (Å²) in [6.07, 6.45) is 0.626. The van der Waals surface area contributed by atoms with Gasteiger partial charge in [0.05, 0.1) is 30.4 Å². The van der Waals surface area contributed by atoms with Crippen molar-refractivity contribution in [1.29, 1.82) is 0 Å². The summed E-state index contributed by atoms with van der Waals surface area (Å²) in [6.45, 7) is 1.27. The number of nitrogens with two attached hydrogens (primary N) is 1. The predicted molar refractivity (Wildman–Crippen MR) is 117 cm³/mol. The average molecular weight is 485 g/mol. The van der Waals surface area contributed by atoms with E-state index in [1.807, 2.05) is 0 Å². The first-order valence-corrected chi connectivity index (χ1v) is 12.1. The summed E-state index contributed by atoms with van der Waals surface area (Å²) in [6, 6.07) is 7.34. The number of aromatic nitrogens is 3. The van der Waals surface area contributed by atoms with Crippen molar-refractivity contribution in [3.8, 4) is 5.75 Å². The molecule has 3 rings (SSSR count). The fourth-order valence-electron chi connectivity index (χ4n) is 2.94. The highest BCUT2D eigenvalue weighted by molar-refractivity contribution is 8.00. The third-order valence-corrected chi connectivity index (χ3v) is 7.72. The molecule has 1 aromatic carbocycles. The molecule has 1 aliphatic heterocycles. The van der Waals surface area contributed by atoms with Gasteiger partial charge in [0, 0.05) is 6.42 Å². The van der Waals surface area contributed by atoms with Crippen molar-refractivity contribution >= 4 is 31.4 Å². The van der Waals surface area contributed by atoms with Gasteiger partial charge in [-0.15, -0.1) is 11.8 Å². The lowest BCUT2D eigenvalue weighted by molar-refractivity contribution is -0.142. The number of methoxy groups -OCH3 is 1. The maximum Gasteiger partial charge on any atom is 0.459 e. The van der Waals surface area contributed by atoms with Crippen molar-refractivity contribution < 1.29 is 28.3 Å². The van der Waals surface area contributed by atoms with Crippen LogP contribution < -0.4 is 21.0 Å². The molecule has 2 heterocycles. The van der Waals surface area contributed by atoms with Crippen molar-refractivity contribution in [2.45, 2.75) is 36.1 Å². The molecule has 1 aliphatic rings. The fourth-order valence-corrected chi connectivity index (χ4v) is 5.98. The highest BCUT2D eigenvalue weighted by Gasteiger charge is 2.39. The summed E-state index contributed by atoms with van der Waals surface area (Å²) in [5, 5.41) is 12.0. The second-order valence-corrected chi connectivity index (χ2v) is 10.0. The topological polar surface area (TPSA) is 168 Å². The van der Waals surface area contributed by atoms with Crippen molar-refractivity contribution in [2.75, 3.05) is 19.5 Å². The van der Waals surface area contributed by atoms with Crippen LogP contribution in [0.15, 0.2) is 41.5 Å². The third-order valence-electron chi connectivity index (χ3n) is 4.54. The highest BCUT2D eigenvalue weighted by atomic mass is 32.2. The number of nitrogen functional groups attached to an aromatic ring is 1. The van der Waals surface area contributed by atoms with E-state index in [0.717, 1.165) is 0 Å². The highest BCUT2D eigenvalue weighted by Crippen LogP contribution is 2.48. The van der Waals surface area contributed by atoms with Crippen LogP contribution in [0.25, 0.3) is 0 Å². The number of carbonyl (C=O) groups excluding carboxylic acids is 1. The monoisotopic (exact) mass is 485 g/mol. The molecule has 1 aromatic heterocycles. The first-order valence-electron chi connectivity index (χ1n) is 9.60. The molecule has 5 atom stereocenters. The quantitative estimate of drug-likeness (QED) is 0.340. The Morgan fingerprint density at radius 2 is 2.16 bits per heavy atom. The summed E-state index contributed by atoms with van der Waals surface area (Å²) in [5.74, 6) is -0.522. The molecule has 174 valence electrons. The summed E-state index contributed by atoms with van der Waals surface area (Å²) >= 11 is 1.24. The van der Waals surface area contributed by atoms with E-state index >= 15 is 0 Å². The number of para-hydroxylation sites is 1. The molecule has 0 saturated carbocycles. The summed E-state index contributed by atoms with van der Waals surface area (Å²) in [4.78, 5) is 31.3. The van der Waals surface area contributed by atoms with E-state index in [4.69, 9.17) is 14.8 Å². The molecule has 2 aromatic rings. The summed E-state index contributed by atoms with van der Waals surface area (Å²) in [7, 11) is -2.83. The number of esters is 1. The fraction of sp³-hybridized carbons (Fsp3) is 0.444. The molecule has 1 fully saturated rings. The molecule has 0 radical (unpaired) electrons. The Labute approximate surface area is 188 Å². The number of hydrogen-bond donors (Lipinski definition) is 3. The molecule has 4 N–H and O–H groups in total. The van der Waals surface area contributed by atoms with Crippen LogP contribution in [-0.2, 0) is 18.6 Å². The van der Waals surface area contributed by atoms with E-state index in [1.54, 1.807) is 30.3 Å². The van der Waals surface area contributed by atoms with E-state index in [2.05, 4.69) is 19.8 Å². The number of hydrogen-bond acceptors (Lipinski definition) is 11. The van der Waals surface area contributed by atoms with Gasteiger partial charge in [0.2, 0.25) is 5.95 Å². The van der Waals surface area contributed by atoms with Crippen LogP contribution in [0.4, 0.5) is 5.95 Å². The molecule has 0 spiro atoms. The van der Waals surface area contributed by atoms with Gasteiger partial charge < -0.3 is 20.1 Å². The number of benzene rings is 1. The Morgan fingerprint density at radius 3 is 2.81 bits per heavy atom. The molecule has 32 heavy (non-hydrogen) atoms. The smallest absolute Gasteiger partial charge is 0.459 e. The number of ether oxygens (including phenoxy) is 1. The number of aliphatic hydroxyl groups excluding tert-OH is 1. The van der Waals surface area contributed by atoms with Gasteiger partial charge in [-0.1, -0.05) is 18.2 Å². The number of nitrogens with zero attached hydrogens (tertiary/aromatic N) is 3. The molecule has 1 saturated heterocycles. The van der Waals surface area contributed by atoms with Gasteiger partial charge >= 0.3 is 19.4 Å². The van der Waals surface area contributed by atoms with E-state index in [9.17, 15) is 19.3 Å². The lowest BCUT2D eigenvalue weighted by Crippen LogP contribution is -2.35. The Kier molecular flexibility index (Phi) is 7.91. The molecule has 12 nitrogen and oxygen atoms in total. The first kappa shape index (κ1) is 24.2. The summed E-state index contributed by atoms with van der Waals surface area (Å²) < 4.78 is 30.4. The van der Waals surface area contributed by atoms with Gasteiger partial charge in [-0.25, -0.2) is 14.3 Å². The van der Waals surface area contributed by atoms with Crippen molar-refractivity contribution in [2.24, 2.45) is 0 Å². The summed E-state index contributed by atoms with van der Waals surface area (Å²) in [5.41, 5.74) is 4.83. The normalized spacial score (nSPS) is 23.3. The minimum atomic E-state index is -4.04. The van der Waals surface area contributed by atoms with Crippen LogP contribution in [0.3, 0.4) is 0 Å². The minimum Gasteiger partial charge on any atom is -0.468 e. The number of anilines is 1. The molecule has 14 heteroatoms. The second kappa shape index (κ2) is 10.5. The first-order chi connectivity index (χ1) is 15.2. The Balaban J connectivity index is 1.71. The van der Waals surface area contributed by atoms with E-state index in [1.165, 1.54) is 36.7 Å². The van der Waals surface area contributed by atoms with Crippen LogP contribution >= 0.6 is 19.5 Å². The van der Waals surface area contributed by atoms with Gasteiger partial charge in [-0.2, -0.15) is 10.1 Å². The standard InChI is InChI=1S/C18H24N5O7PS/c1-11(16(25)28-2)22-31(27,30-12-6-4-3-5-7-12)29-9-14-13(24)8-15(32-14)23-10-20-17(19)21-18(23)26/h3-7,10-11,13-15,24H,8-9H2,1-2H3,(H,22,27)(H2,19,21,26)/t11-,13+,14+,15+,31-/m0/s1. The lowest BCUT2D eigenvalue weighted by atomic mass is 10.2. The van der Waals surface area contributed by atoms with Gasteiger partial charge in [-0.3, -0.25) is 13.9 Å². The lowest BCUT2D eigenvalue weighted by Gasteiger charge is -2.24. The molecule has 0 unspecified atom stereocenters. The number of nitrogens with one attached hydrogen (secondary N) is 1. The van der Waals surface area contributed by atoms with Crippen LogP contribution in [0.1, 0.15) is 18.7 Å². The van der Waals surface area contributed by atoms with Crippen LogP contribution in [0, 0.1) is 0 Å². The molecule has 0 bridgehead atoms. The molecular weight excluding hydrogens is 461 g/mol. The van der Waals surface area contributed by atoms with E-state index in [-0.39, 0.29) is 24.7 Å². The second-order valence-electron chi connectivity index (χ2n) is 6.91. The van der Waals surface area contributed by atoms with Gasteiger partial charge in [0.15, 0.2) is 0 Å². The molecule has 0 amide bonds. The number of rotatable bonds is 9. The van der Waals surface area contributed by atoms with Gasteiger partial charge in [0.1, 0.15) is 18.1 Å². The zero-order valence-electron chi connectivity index (χ0n) is 17.4. The number of aliphatic hydroxyl groups is 1. The zero-order chi connectivity index (χ0) is 23.3. The van der Waals surface area contributed by atoms with E-state index < -0.39 is 42.2 Å². The number of carbonyl (C=O) groups is 1. The zero-order valence-corrected chi connectivity index (χ0v) is 19.1. The van der Waals surface area contributed by atoms with Crippen LogP contribution in [0.2, 0.25) is 0 Å². The Bertz CT molecular complexity index is 1040. The molecule has 0 aliphatic carbocycles. The molecular formula is C18H24N5O7PS. The van der Waals surface area contributed by atoms with Crippen LogP contribution in [0.5, 0.6) is 5.75 Å². The van der Waals surface area contributed by atoms with Gasteiger partial charge in [0.25, 0.3) is 0 Å². The maximum absolute atomic E-state index is 13.4. The number of thioether (sulfide) groups is 1. The van der Waals surface area contributed by atoms with Gasteiger partial charge in [-0.05, 0) is 19.1 Å². The predicted octanol–water partition coefficient (Wildman–Crippen LogP) is 0.940. The maximum atomic E-state index is 13.4. The third kappa shape index (κ3) is 6.08. The SMILES string of the molecule is COC(=O)[C@H](C)N[P@](=O)(OC[C@H]1S[C@@H](n2cnc(N)nc2=O)C[C@H]1O)Oc1ccccc1. The Hall–Kier alpha value is -2.44. The van der Waals surface area contributed by atoms with Crippen molar-refractivity contribution in [1.82, 2.24) is 19.6 Å². The Morgan fingerprint density at radius 1 is 1.44 bits per heavy atom.